The van der Waals surface area contributed by atoms with Crippen molar-refractivity contribution < 1.29 is 9.15 Å². The van der Waals surface area contributed by atoms with Gasteiger partial charge in [0.15, 0.2) is 0 Å². The van der Waals surface area contributed by atoms with Crippen LogP contribution in [0.2, 0.25) is 0 Å². The van der Waals surface area contributed by atoms with E-state index in [-0.39, 0.29) is 0 Å². The summed E-state index contributed by atoms with van der Waals surface area (Å²) >= 11 is 1.46. The fourth-order valence-electron chi connectivity index (χ4n) is 0.548. The summed E-state index contributed by atoms with van der Waals surface area (Å²) in [7, 11) is 0. The molecule has 56 valence electrons. The van der Waals surface area contributed by atoms with Crippen LogP contribution in [0.25, 0.3) is 0 Å². The third-order valence-corrected chi connectivity index (χ3v) is 1.46. The third-order valence-electron chi connectivity index (χ3n) is 0.924. The summed E-state index contributed by atoms with van der Waals surface area (Å²) < 4.78 is 10.1. The van der Waals surface area contributed by atoms with Crippen molar-refractivity contribution in [3.05, 3.63) is 6.20 Å². The number of hydrogen-bond donors (Lipinski definition) is 0. The normalized spacial score (nSPS) is 9.80. The van der Waals surface area contributed by atoms with Crippen LogP contribution in [0.4, 0.5) is 0 Å². The lowest BCUT2D eigenvalue weighted by atomic mass is 10.8. The average molecular weight is 159 g/mol. The van der Waals surface area contributed by atoms with Gasteiger partial charge in [-0.15, -0.1) is 0 Å². The maximum Gasteiger partial charge on any atom is 0.305 e. The van der Waals surface area contributed by atoms with Gasteiger partial charge in [0, 0.05) is 0 Å². The van der Waals surface area contributed by atoms with E-state index in [9.17, 15) is 0 Å². The second-order valence-corrected chi connectivity index (χ2v) is 2.34. The standard InChI is InChI=1S/C6H9NO2S/c1-3-8-5-4-7-6(9-5)10-2/h4H,3H2,1-2H3. The van der Waals surface area contributed by atoms with Gasteiger partial charge in [-0.1, -0.05) is 11.8 Å². The van der Waals surface area contributed by atoms with Crippen molar-refractivity contribution in [3.8, 4) is 5.95 Å². The van der Waals surface area contributed by atoms with E-state index < -0.39 is 0 Å². The Labute approximate surface area is 63.8 Å². The van der Waals surface area contributed by atoms with Gasteiger partial charge in [-0.2, -0.15) is 0 Å². The molecule has 0 spiro atoms. The molecule has 0 fully saturated rings. The first kappa shape index (κ1) is 7.47. The van der Waals surface area contributed by atoms with E-state index in [1.165, 1.54) is 11.8 Å². The van der Waals surface area contributed by atoms with Crippen LogP contribution in [-0.4, -0.2) is 17.8 Å². The van der Waals surface area contributed by atoms with Crippen molar-refractivity contribution in [2.45, 2.75) is 12.1 Å². The molecule has 10 heavy (non-hydrogen) atoms. The van der Waals surface area contributed by atoms with E-state index >= 15 is 0 Å². The molecule has 1 heterocycles. The van der Waals surface area contributed by atoms with Gasteiger partial charge in [0.25, 0.3) is 5.22 Å². The summed E-state index contributed by atoms with van der Waals surface area (Å²) in [6.45, 7) is 2.52. The molecule has 0 aliphatic rings. The van der Waals surface area contributed by atoms with Crippen molar-refractivity contribution in [3.63, 3.8) is 0 Å². The Bertz CT molecular complexity index is 199. The summed E-state index contributed by atoms with van der Waals surface area (Å²) in [6, 6.07) is 0. The number of rotatable bonds is 3. The van der Waals surface area contributed by atoms with Crippen LogP contribution in [-0.2, 0) is 0 Å². The lowest BCUT2D eigenvalue weighted by Crippen LogP contribution is -1.87. The summed E-state index contributed by atoms with van der Waals surface area (Å²) in [5.41, 5.74) is 0. The Morgan fingerprint density at radius 3 is 3.10 bits per heavy atom. The fourth-order valence-corrected chi connectivity index (χ4v) is 0.871. The lowest BCUT2D eigenvalue weighted by Gasteiger charge is -1.92. The van der Waals surface area contributed by atoms with Gasteiger partial charge in [-0.25, -0.2) is 4.98 Å². The van der Waals surface area contributed by atoms with Crippen LogP contribution in [0.5, 0.6) is 5.95 Å². The molecule has 0 bridgehead atoms. The minimum Gasteiger partial charge on any atom is -0.464 e. The fraction of sp³-hybridized carbons (Fsp3) is 0.500. The number of oxazole rings is 1. The number of nitrogens with zero attached hydrogens (tertiary/aromatic N) is 1. The van der Waals surface area contributed by atoms with E-state index in [1.54, 1.807) is 6.20 Å². The van der Waals surface area contributed by atoms with Crippen LogP contribution >= 0.6 is 11.8 Å². The Kier molecular flexibility index (Phi) is 2.62. The molecule has 4 heteroatoms. The second kappa shape index (κ2) is 3.51. The molecule has 0 aliphatic carbocycles. The van der Waals surface area contributed by atoms with Gasteiger partial charge in [0.1, 0.15) is 6.20 Å². The first-order valence-electron chi connectivity index (χ1n) is 2.99. The number of thioether (sulfide) groups is 1. The molecule has 0 N–H and O–H groups in total. The first-order chi connectivity index (χ1) is 4.86. The summed E-state index contributed by atoms with van der Waals surface area (Å²) in [6.07, 6.45) is 3.48. The third kappa shape index (κ3) is 1.67. The van der Waals surface area contributed by atoms with E-state index in [2.05, 4.69) is 4.98 Å². The summed E-state index contributed by atoms with van der Waals surface area (Å²) in [4.78, 5) is 3.92. The van der Waals surface area contributed by atoms with Gasteiger partial charge < -0.3 is 9.15 Å². The van der Waals surface area contributed by atoms with Crippen LogP contribution < -0.4 is 4.74 Å². The van der Waals surface area contributed by atoms with E-state index in [0.29, 0.717) is 17.8 Å². The molecule has 0 atom stereocenters. The molecular weight excluding hydrogens is 150 g/mol. The highest BCUT2D eigenvalue weighted by Crippen LogP contribution is 2.19. The smallest absolute Gasteiger partial charge is 0.305 e. The first-order valence-corrected chi connectivity index (χ1v) is 4.22. The number of hydrogen-bond acceptors (Lipinski definition) is 4. The summed E-state index contributed by atoms with van der Waals surface area (Å²) in [5, 5.41) is 0.642. The average Bonchev–Trinajstić information content (AvgIpc) is 2.37. The molecule has 3 nitrogen and oxygen atoms in total. The minimum atomic E-state index is 0.492. The molecule has 0 saturated heterocycles. The van der Waals surface area contributed by atoms with E-state index in [4.69, 9.17) is 9.15 Å². The zero-order valence-electron chi connectivity index (χ0n) is 5.96. The van der Waals surface area contributed by atoms with Crippen LogP contribution in [0.1, 0.15) is 6.92 Å². The molecule has 0 aliphatic heterocycles. The van der Waals surface area contributed by atoms with Gasteiger partial charge in [-0.3, -0.25) is 0 Å². The Balaban J connectivity index is 2.59. The molecule has 1 rings (SSSR count). The van der Waals surface area contributed by atoms with Crippen molar-refractivity contribution in [2.24, 2.45) is 0 Å². The van der Waals surface area contributed by atoms with Crippen molar-refractivity contribution in [2.75, 3.05) is 12.9 Å². The molecule has 0 radical (unpaired) electrons. The predicted molar refractivity (Wildman–Crippen MR) is 39.5 cm³/mol. The van der Waals surface area contributed by atoms with Crippen LogP contribution in [0.15, 0.2) is 15.8 Å². The molecule has 1 aromatic heterocycles. The topological polar surface area (TPSA) is 35.3 Å². The molecule has 1 aromatic rings. The SMILES string of the molecule is CCOc1cnc(SC)o1. The lowest BCUT2D eigenvalue weighted by molar-refractivity contribution is 0.238. The largest absolute Gasteiger partial charge is 0.464 e. The Hall–Kier alpha value is -0.640. The predicted octanol–water partition coefficient (Wildman–Crippen LogP) is 1.80. The zero-order valence-corrected chi connectivity index (χ0v) is 6.77. The maximum atomic E-state index is 5.10. The summed E-state index contributed by atoms with van der Waals surface area (Å²) in [5.74, 6) is 0.492. The molecular formula is C6H9NO2S. The van der Waals surface area contributed by atoms with Crippen LogP contribution in [0, 0.1) is 0 Å². The van der Waals surface area contributed by atoms with Crippen LogP contribution in [0.3, 0.4) is 0 Å². The Morgan fingerprint density at radius 2 is 2.60 bits per heavy atom. The molecule has 0 amide bonds. The van der Waals surface area contributed by atoms with Gasteiger partial charge in [0.2, 0.25) is 0 Å². The number of aromatic nitrogens is 1. The van der Waals surface area contributed by atoms with Gasteiger partial charge >= 0.3 is 5.95 Å². The van der Waals surface area contributed by atoms with Gasteiger partial charge in [-0.05, 0) is 13.2 Å². The van der Waals surface area contributed by atoms with Crippen molar-refractivity contribution >= 4 is 11.8 Å². The van der Waals surface area contributed by atoms with Gasteiger partial charge in [0.05, 0.1) is 6.61 Å². The highest BCUT2D eigenvalue weighted by atomic mass is 32.2. The minimum absolute atomic E-state index is 0.492. The monoisotopic (exact) mass is 159 g/mol. The van der Waals surface area contributed by atoms with E-state index in [1.807, 2.05) is 13.2 Å². The molecule has 0 unspecified atom stereocenters. The Morgan fingerprint density at radius 1 is 1.80 bits per heavy atom. The maximum absolute atomic E-state index is 5.10. The molecule has 0 saturated carbocycles. The number of ether oxygens (including phenoxy) is 1. The van der Waals surface area contributed by atoms with Crippen molar-refractivity contribution in [1.29, 1.82) is 0 Å². The zero-order chi connectivity index (χ0) is 7.40. The van der Waals surface area contributed by atoms with E-state index in [0.717, 1.165) is 0 Å². The quantitative estimate of drug-likeness (QED) is 0.630. The highest BCUT2D eigenvalue weighted by molar-refractivity contribution is 7.98. The second-order valence-electron chi connectivity index (χ2n) is 1.58. The van der Waals surface area contributed by atoms with Crippen molar-refractivity contribution in [1.82, 2.24) is 4.98 Å². The molecule has 0 aromatic carbocycles. The highest BCUT2D eigenvalue weighted by Gasteiger charge is 2.00.